The van der Waals surface area contributed by atoms with Gasteiger partial charge in [0.15, 0.2) is 0 Å². The lowest BCUT2D eigenvalue weighted by atomic mass is 10.0. The molecule has 0 radical (unpaired) electrons. The summed E-state index contributed by atoms with van der Waals surface area (Å²) in [5, 5.41) is 0. The van der Waals surface area contributed by atoms with E-state index in [4.69, 9.17) is 4.74 Å². The highest BCUT2D eigenvalue weighted by molar-refractivity contribution is 7.89. The SMILES string of the molecule is CN1CCN(S(=O)(=O)CCOc2ccc(F)cc2)CC1c1ccccc1. The Morgan fingerprint density at radius 2 is 1.77 bits per heavy atom. The molecule has 2 aromatic carbocycles. The molecule has 1 fully saturated rings. The van der Waals surface area contributed by atoms with Crippen molar-refractivity contribution in [3.63, 3.8) is 0 Å². The Balaban J connectivity index is 1.60. The van der Waals surface area contributed by atoms with Gasteiger partial charge in [-0.15, -0.1) is 0 Å². The van der Waals surface area contributed by atoms with Crippen LogP contribution in [-0.2, 0) is 10.0 Å². The van der Waals surface area contributed by atoms with Crippen LogP contribution in [0.1, 0.15) is 11.6 Å². The maximum absolute atomic E-state index is 12.9. The van der Waals surface area contributed by atoms with Crippen molar-refractivity contribution in [2.45, 2.75) is 6.04 Å². The Morgan fingerprint density at radius 1 is 1.08 bits per heavy atom. The number of benzene rings is 2. The maximum atomic E-state index is 12.9. The Labute approximate surface area is 154 Å². The standard InChI is InChI=1S/C19H23FN2O3S/c1-21-11-12-22(15-19(21)16-5-3-2-4-6-16)26(23,24)14-13-25-18-9-7-17(20)8-10-18/h2-10,19H,11-15H2,1H3. The first kappa shape index (κ1) is 18.8. The minimum atomic E-state index is -3.42. The van der Waals surface area contributed by atoms with Crippen molar-refractivity contribution in [1.29, 1.82) is 0 Å². The molecule has 1 unspecified atom stereocenters. The van der Waals surface area contributed by atoms with Crippen molar-refractivity contribution in [1.82, 2.24) is 9.21 Å². The molecular weight excluding hydrogens is 355 g/mol. The quantitative estimate of drug-likeness (QED) is 0.775. The number of rotatable bonds is 6. The molecule has 5 nitrogen and oxygen atoms in total. The molecule has 0 aromatic heterocycles. The van der Waals surface area contributed by atoms with Gasteiger partial charge in [-0.3, -0.25) is 4.90 Å². The molecule has 26 heavy (non-hydrogen) atoms. The number of nitrogens with zero attached hydrogens (tertiary/aromatic N) is 2. The molecule has 1 saturated heterocycles. The molecule has 0 amide bonds. The minimum Gasteiger partial charge on any atom is -0.492 e. The molecular formula is C19H23FN2O3S. The fourth-order valence-electron chi connectivity index (χ4n) is 3.06. The van der Waals surface area contributed by atoms with Gasteiger partial charge in [-0.25, -0.2) is 12.8 Å². The Kier molecular flexibility index (Phi) is 5.90. The molecule has 1 atom stereocenters. The molecule has 140 valence electrons. The first-order valence-electron chi connectivity index (χ1n) is 8.57. The van der Waals surface area contributed by atoms with Crippen molar-refractivity contribution < 1.29 is 17.5 Å². The second kappa shape index (κ2) is 8.16. The molecule has 0 aliphatic carbocycles. The molecule has 0 bridgehead atoms. The summed E-state index contributed by atoms with van der Waals surface area (Å²) in [5.41, 5.74) is 1.11. The van der Waals surface area contributed by atoms with Crippen LogP contribution in [0.4, 0.5) is 4.39 Å². The third-order valence-corrected chi connectivity index (χ3v) is 6.41. The van der Waals surface area contributed by atoms with E-state index in [0.29, 0.717) is 25.4 Å². The third-order valence-electron chi connectivity index (χ3n) is 4.61. The number of ether oxygens (including phenoxy) is 1. The first-order chi connectivity index (χ1) is 12.5. The van der Waals surface area contributed by atoms with Crippen molar-refractivity contribution in [2.24, 2.45) is 0 Å². The van der Waals surface area contributed by atoms with Crippen LogP contribution in [0.5, 0.6) is 5.75 Å². The average molecular weight is 378 g/mol. The molecule has 1 aliphatic heterocycles. The monoisotopic (exact) mass is 378 g/mol. The zero-order valence-corrected chi connectivity index (χ0v) is 15.5. The van der Waals surface area contributed by atoms with Crippen LogP contribution in [0.25, 0.3) is 0 Å². The molecule has 1 aliphatic rings. The fraction of sp³-hybridized carbons (Fsp3) is 0.368. The van der Waals surface area contributed by atoms with Gasteiger partial charge in [-0.05, 0) is 36.9 Å². The summed E-state index contributed by atoms with van der Waals surface area (Å²) in [6, 6.07) is 15.5. The van der Waals surface area contributed by atoms with Crippen molar-refractivity contribution in [3.05, 3.63) is 66.0 Å². The van der Waals surface area contributed by atoms with E-state index >= 15 is 0 Å². The van der Waals surface area contributed by atoms with Gasteiger partial charge in [0.2, 0.25) is 10.0 Å². The largest absolute Gasteiger partial charge is 0.492 e. The highest BCUT2D eigenvalue weighted by Crippen LogP contribution is 2.25. The zero-order valence-electron chi connectivity index (χ0n) is 14.7. The lowest BCUT2D eigenvalue weighted by Crippen LogP contribution is -2.49. The predicted molar refractivity (Wildman–Crippen MR) is 99.1 cm³/mol. The lowest BCUT2D eigenvalue weighted by Gasteiger charge is -2.39. The summed E-state index contributed by atoms with van der Waals surface area (Å²) in [7, 11) is -1.41. The Morgan fingerprint density at radius 3 is 2.46 bits per heavy atom. The smallest absolute Gasteiger partial charge is 0.217 e. The van der Waals surface area contributed by atoms with Crippen LogP contribution in [0.3, 0.4) is 0 Å². The number of halogens is 1. The van der Waals surface area contributed by atoms with Gasteiger partial charge in [0.25, 0.3) is 0 Å². The molecule has 1 heterocycles. The summed E-state index contributed by atoms with van der Waals surface area (Å²) < 4.78 is 45.2. The van der Waals surface area contributed by atoms with Gasteiger partial charge in [0.05, 0.1) is 5.75 Å². The van der Waals surface area contributed by atoms with Gasteiger partial charge < -0.3 is 4.74 Å². The van der Waals surface area contributed by atoms with Crippen LogP contribution >= 0.6 is 0 Å². The topological polar surface area (TPSA) is 49.9 Å². The normalized spacial score (nSPS) is 19.4. The van der Waals surface area contributed by atoms with Gasteiger partial charge >= 0.3 is 0 Å². The number of hydrogen-bond donors (Lipinski definition) is 0. The van der Waals surface area contributed by atoms with E-state index in [9.17, 15) is 12.8 Å². The van der Waals surface area contributed by atoms with E-state index in [0.717, 1.165) is 5.56 Å². The first-order valence-corrected chi connectivity index (χ1v) is 10.2. The van der Waals surface area contributed by atoms with E-state index in [-0.39, 0.29) is 24.2 Å². The summed E-state index contributed by atoms with van der Waals surface area (Å²) in [6.45, 7) is 1.62. The summed E-state index contributed by atoms with van der Waals surface area (Å²) in [5.74, 6) is 0.00628. The molecule has 3 rings (SSSR count). The second-order valence-corrected chi connectivity index (χ2v) is 8.47. The number of piperazine rings is 1. The molecule has 2 aromatic rings. The third kappa shape index (κ3) is 4.60. The van der Waals surface area contributed by atoms with Crippen LogP contribution < -0.4 is 4.74 Å². The lowest BCUT2D eigenvalue weighted by molar-refractivity contribution is 0.148. The van der Waals surface area contributed by atoms with Crippen LogP contribution in [0.15, 0.2) is 54.6 Å². The fourth-order valence-corrected chi connectivity index (χ4v) is 4.34. The van der Waals surface area contributed by atoms with Crippen molar-refractivity contribution >= 4 is 10.0 Å². The van der Waals surface area contributed by atoms with Crippen molar-refractivity contribution in [2.75, 3.05) is 39.0 Å². The number of likely N-dealkylation sites (N-methyl/N-ethyl adjacent to an activating group) is 1. The summed E-state index contributed by atoms with van der Waals surface area (Å²) in [6.07, 6.45) is 0. The molecule has 7 heteroatoms. The average Bonchev–Trinajstić information content (AvgIpc) is 2.64. The zero-order chi connectivity index (χ0) is 18.6. The highest BCUT2D eigenvalue weighted by atomic mass is 32.2. The van der Waals surface area contributed by atoms with Gasteiger partial charge in [-0.2, -0.15) is 4.31 Å². The van der Waals surface area contributed by atoms with Gasteiger partial charge in [0.1, 0.15) is 18.2 Å². The van der Waals surface area contributed by atoms with E-state index < -0.39 is 10.0 Å². The molecule has 0 saturated carbocycles. The highest BCUT2D eigenvalue weighted by Gasteiger charge is 2.32. The maximum Gasteiger partial charge on any atom is 0.217 e. The Bertz CT molecular complexity index is 812. The van der Waals surface area contributed by atoms with E-state index in [1.165, 1.54) is 24.3 Å². The van der Waals surface area contributed by atoms with Crippen LogP contribution in [0.2, 0.25) is 0 Å². The van der Waals surface area contributed by atoms with Crippen molar-refractivity contribution in [3.8, 4) is 5.75 Å². The minimum absolute atomic E-state index is 0.0380. The summed E-state index contributed by atoms with van der Waals surface area (Å²) >= 11 is 0. The van der Waals surface area contributed by atoms with Crippen LogP contribution in [0, 0.1) is 5.82 Å². The van der Waals surface area contributed by atoms with Gasteiger partial charge in [-0.1, -0.05) is 30.3 Å². The number of sulfonamides is 1. The van der Waals surface area contributed by atoms with E-state index in [1.54, 1.807) is 4.31 Å². The predicted octanol–water partition coefficient (Wildman–Crippen LogP) is 2.52. The number of hydrogen-bond acceptors (Lipinski definition) is 4. The van der Waals surface area contributed by atoms with Crippen LogP contribution in [-0.4, -0.2) is 56.7 Å². The van der Waals surface area contributed by atoms with Gasteiger partial charge in [0, 0.05) is 25.7 Å². The summed E-state index contributed by atoms with van der Waals surface area (Å²) in [4.78, 5) is 2.18. The molecule has 0 spiro atoms. The second-order valence-electron chi connectivity index (χ2n) is 6.38. The van der Waals surface area contributed by atoms with E-state index in [2.05, 4.69) is 4.90 Å². The van der Waals surface area contributed by atoms with E-state index in [1.807, 2.05) is 37.4 Å². The molecule has 0 N–H and O–H groups in total. The Hall–Kier alpha value is -1.96.